The molecule has 1 aliphatic heterocycles. The van der Waals surface area contributed by atoms with E-state index in [4.69, 9.17) is 4.74 Å². The van der Waals surface area contributed by atoms with Crippen LogP contribution < -0.4 is 0 Å². The third-order valence-electron chi connectivity index (χ3n) is 3.42. The van der Waals surface area contributed by atoms with Crippen LogP contribution in [0.5, 0.6) is 0 Å². The van der Waals surface area contributed by atoms with Gasteiger partial charge in [0.15, 0.2) is 0 Å². The van der Waals surface area contributed by atoms with Crippen LogP contribution in [0.3, 0.4) is 0 Å². The Morgan fingerprint density at radius 3 is 2.47 bits per heavy atom. The maximum atomic E-state index is 11.5. The fourth-order valence-corrected chi connectivity index (χ4v) is 2.09. The number of rotatable bonds is 5. The summed E-state index contributed by atoms with van der Waals surface area (Å²) in [6.07, 6.45) is 1.43. The predicted molar refractivity (Wildman–Crippen MR) is 66.6 cm³/mol. The van der Waals surface area contributed by atoms with Crippen LogP contribution in [0.25, 0.3) is 0 Å². The van der Waals surface area contributed by atoms with Gasteiger partial charge in [0, 0.05) is 6.54 Å². The van der Waals surface area contributed by atoms with Crippen molar-refractivity contribution in [3.63, 3.8) is 0 Å². The molecule has 17 heavy (non-hydrogen) atoms. The summed E-state index contributed by atoms with van der Waals surface area (Å²) < 4.78 is 5.03. The molecule has 0 spiro atoms. The summed E-state index contributed by atoms with van der Waals surface area (Å²) in [6.45, 7) is 8.83. The Kier molecular flexibility index (Phi) is 5.92. The molecule has 1 rings (SSSR count). The van der Waals surface area contributed by atoms with Crippen molar-refractivity contribution < 1.29 is 14.6 Å². The van der Waals surface area contributed by atoms with Gasteiger partial charge in [-0.05, 0) is 38.8 Å². The predicted octanol–water partition coefficient (Wildman–Crippen LogP) is 1.28. The van der Waals surface area contributed by atoms with E-state index in [9.17, 15) is 9.90 Å². The minimum atomic E-state index is -0.269. The van der Waals surface area contributed by atoms with Crippen LogP contribution in [-0.2, 0) is 9.53 Å². The first-order chi connectivity index (χ1) is 8.04. The molecule has 1 N–H and O–H groups in total. The molecular formula is C13H25NO3. The average Bonchev–Trinajstić information content (AvgIpc) is 2.30. The number of β-amino-alcohol motifs (C(OH)–C–C–N with tert-alkyl or cyclic N) is 1. The third-order valence-corrected chi connectivity index (χ3v) is 3.42. The lowest BCUT2D eigenvalue weighted by atomic mass is 9.96. The van der Waals surface area contributed by atoms with Gasteiger partial charge in [-0.2, -0.15) is 0 Å². The highest BCUT2D eigenvalue weighted by molar-refractivity contribution is 5.72. The van der Waals surface area contributed by atoms with E-state index in [0.29, 0.717) is 13.2 Å². The van der Waals surface area contributed by atoms with Gasteiger partial charge < -0.3 is 14.7 Å². The molecule has 0 aromatic rings. The van der Waals surface area contributed by atoms with Crippen molar-refractivity contribution in [3.8, 4) is 0 Å². The monoisotopic (exact) mass is 243 g/mol. The first-order valence-electron chi connectivity index (χ1n) is 6.61. The zero-order valence-electron chi connectivity index (χ0n) is 11.2. The van der Waals surface area contributed by atoms with Gasteiger partial charge in [0.2, 0.25) is 0 Å². The van der Waals surface area contributed by atoms with Crippen molar-refractivity contribution in [2.75, 3.05) is 26.2 Å². The number of hydrogen-bond acceptors (Lipinski definition) is 4. The van der Waals surface area contributed by atoms with Crippen molar-refractivity contribution >= 4 is 5.97 Å². The largest absolute Gasteiger partial charge is 0.466 e. The summed E-state index contributed by atoms with van der Waals surface area (Å²) in [7, 11) is 0. The Morgan fingerprint density at radius 1 is 1.41 bits per heavy atom. The second kappa shape index (κ2) is 6.97. The van der Waals surface area contributed by atoms with Crippen molar-refractivity contribution in [1.29, 1.82) is 0 Å². The molecule has 1 aliphatic rings. The Labute approximate surface area is 104 Å². The van der Waals surface area contributed by atoms with Crippen LogP contribution in [0.2, 0.25) is 0 Å². The second-order valence-corrected chi connectivity index (χ2v) is 5.14. The third kappa shape index (κ3) is 4.64. The van der Waals surface area contributed by atoms with Gasteiger partial charge in [0.1, 0.15) is 0 Å². The Bertz CT molecular complexity index is 235. The van der Waals surface area contributed by atoms with E-state index >= 15 is 0 Å². The molecule has 0 aromatic heterocycles. The highest BCUT2D eigenvalue weighted by Crippen LogP contribution is 2.19. The van der Waals surface area contributed by atoms with Crippen LogP contribution in [0.4, 0.5) is 0 Å². The Hall–Kier alpha value is -0.610. The molecule has 1 unspecified atom stereocenters. The zero-order valence-corrected chi connectivity index (χ0v) is 11.2. The number of esters is 1. The van der Waals surface area contributed by atoms with Gasteiger partial charge in [0.05, 0.1) is 18.6 Å². The first-order valence-corrected chi connectivity index (χ1v) is 6.61. The van der Waals surface area contributed by atoms with Crippen molar-refractivity contribution in [1.82, 2.24) is 4.90 Å². The molecule has 4 nitrogen and oxygen atoms in total. The molecule has 0 aromatic carbocycles. The highest BCUT2D eigenvalue weighted by Gasteiger charge is 2.27. The van der Waals surface area contributed by atoms with Crippen LogP contribution in [-0.4, -0.2) is 48.3 Å². The number of nitrogens with zero attached hydrogens (tertiary/aromatic N) is 1. The van der Waals surface area contributed by atoms with Crippen molar-refractivity contribution in [3.05, 3.63) is 0 Å². The van der Waals surface area contributed by atoms with Crippen LogP contribution in [0, 0.1) is 11.8 Å². The molecule has 0 radical (unpaired) electrons. The standard InChI is InChI=1S/C13H25NO3/c1-4-17-13(16)11-5-7-14(8-6-11)9-12(15)10(2)3/h10-12,15H,4-9H2,1-3H3. The van der Waals surface area contributed by atoms with Gasteiger partial charge in [-0.1, -0.05) is 13.8 Å². The molecule has 4 heteroatoms. The van der Waals surface area contributed by atoms with E-state index in [1.54, 1.807) is 0 Å². The average molecular weight is 243 g/mol. The molecule has 0 bridgehead atoms. The minimum Gasteiger partial charge on any atom is -0.466 e. The Morgan fingerprint density at radius 2 is 2.00 bits per heavy atom. The van der Waals surface area contributed by atoms with Crippen LogP contribution >= 0.6 is 0 Å². The van der Waals surface area contributed by atoms with Gasteiger partial charge >= 0.3 is 5.97 Å². The number of carbonyl (C=O) groups is 1. The van der Waals surface area contributed by atoms with E-state index < -0.39 is 0 Å². The summed E-state index contributed by atoms with van der Waals surface area (Å²) in [6, 6.07) is 0. The fourth-order valence-electron chi connectivity index (χ4n) is 2.09. The van der Waals surface area contributed by atoms with Crippen LogP contribution in [0.1, 0.15) is 33.6 Å². The summed E-state index contributed by atoms with van der Waals surface area (Å²) in [5, 5.41) is 9.80. The number of piperidine rings is 1. The molecule has 0 amide bonds. The summed E-state index contributed by atoms with van der Waals surface area (Å²) >= 11 is 0. The normalized spacial score (nSPS) is 20.5. The number of aliphatic hydroxyl groups is 1. The molecule has 0 aliphatic carbocycles. The van der Waals surface area contributed by atoms with Gasteiger partial charge in [-0.25, -0.2) is 0 Å². The number of ether oxygens (including phenoxy) is 1. The molecular weight excluding hydrogens is 218 g/mol. The topological polar surface area (TPSA) is 49.8 Å². The molecule has 1 heterocycles. The number of hydrogen-bond donors (Lipinski definition) is 1. The summed E-state index contributed by atoms with van der Waals surface area (Å²) in [5.74, 6) is 0.289. The summed E-state index contributed by atoms with van der Waals surface area (Å²) in [5.41, 5.74) is 0. The zero-order chi connectivity index (χ0) is 12.8. The fraction of sp³-hybridized carbons (Fsp3) is 0.923. The molecule has 1 saturated heterocycles. The molecule has 100 valence electrons. The van der Waals surface area contributed by atoms with Crippen molar-refractivity contribution in [2.24, 2.45) is 11.8 Å². The first kappa shape index (κ1) is 14.5. The Balaban J connectivity index is 2.28. The maximum absolute atomic E-state index is 11.5. The minimum absolute atomic E-state index is 0.0578. The molecule has 1 fully saturated rings. The highest BCUT2D eigenvalue weighted by atomic mass is 16.5. The SMILES string of the molecule is CCOC(=O)C1CCN(CC(O)C(C)C)CC1. The lowest BCUT2D eigenvalue weighted by Gasteiger charge is -2.32. The number of carbonyl (C=O) groups excluding carboxylic acids is 1. The van der Waals surface area contributed by atoms with E-state index in [1.165, 1.54) is 0 Å². The van der Waals surface area contributed by atoms with Crippen LogP contribution in [0.15, 0.2) is 0 Å². The quantitative estimate of drug-likeness (QED) is 0.739. The van der Waals surface area contributed by atoms with E-state index in [0.717, 1.165) is 25.9 Å². The number of likely N-dealkylation sites (tertiary alicyclic amines) is 1. The molecule has 1 atom stereocenters. The second-order valence-electron chi connectivity index (χ2n) is 5.14. The van der Waals surface area contributed by atoms with Gasteiger partial charge in [-0.15, -0.1) is 0 Å². The lowest BCUT2D eigenvalue weighted by Crippen LogP contribution is -2.42. The number of aliphatic hydroxyl groups excluding tert-OH is 1. The van der Waals surface area contributed by atoms with E-state index in [2.05, 4.69) is 4.90 Å². The van der Waals surface area contributed by atoms with Gasteiger partial charge in [-0.3, -0.25) is 4.79 Å². The van der Waals surface area contributed by atoms with E-state index in [-0.39, 0.29) is 23.9 Å². The molecule has 0 saturated carbocycles. The van der Waals surface area contributed by atoms with Gasteiger partial charge in [0.25, 0.3) is 0 Å². The van der Waals surface area contributed by atoms with E-state index in [1.807, 2.05) is 20.8 Å². The summed E-state index contributed by atoms with van der Waals surface area (Å²) in [4.78, 5) is 13.8. The smallest absolute Gasteiger partial charge is 0.309 e. The maximum Gasteiger partial charge on any atom is 0.309 e. The van der Waals surface area contributed by atoms with Crippen molar-refractivity contribution in [2.45, 2.75) is 39.7 Å². The lowest BCUT2D eigenvalue weighted by molar-refractivity contribution is -0.149.